The van der Waals surface area contributed by atoms with Crippen molar-refractivity contribution in [3.8, 4) is 11.8 Å². The molecule has 0 atom stereocenters. The van der Waals surface area contributed by atoms with Crippen LogP contribution in [-0.4, -0.2) is 6.10 Å². The molecule has 0 radical (unpaired) electrons. The molecule has 108 valence electrons. The molecule has 0 saturated heterocycles. The minimum atomic E-state index is 0.167. The monoisotopic (exact) mass is 344 g/mol. The highest BCUT2D eigenvalue weighted by atomic mass is 79.9. The minimum absolute atomic E-state index is 0.167. The van der Waals surface area contributed by atoms with E-state index in [4.69, 9.17) is 10.00 Å². The van der Waals surface area contributed by atoms with Gasteiger partial charge in [-0.2, -0.15) is 5.26 Å². The summed E-state index contributed by atoms with van der Waals surface area (Å²) in [6, 6.07) is 15.7. The molecular formula is C17H17BrN2O. The lowest BCUT2D eigenvalue weighted by Crippen LogP contribution is -2.06. The van der Waals surface area contributed by atoms with E-state index in [1.54, 1.807) is 12.1 Å². The standard InChI is InChI=1S/C17H17BrN2O/c1-12(2)21-15-5-3-4-14(8-15)11-20-17-7-6-13(10-19)9-16(17)18/h3-9,12,20H,11H2,1-2H3. The van der Waals surface area contributed by atoms with E-state index in [-0.39, 0.29) is 6.10 Å². The number of hydrogen-bond donors (Lipinski definition) is 1. The number of nitrogens with one attached hydrogen (secondary N) is 1. The molecule has 0 fully saturated rings. The summed E-state index contributed by atoms with van der Waals surface area (Å²) >= 11 is 3.47. The summed E-state index contributed by atoms with van der Waals surface area (Å²) in [5.74, 6) is 0.878. The molecule has 0 aliphatic heterocycles. The largest absolute Gasteiger partial charge is 0.491 e. The van der Waals surface area contributed by atoms with Crippen LogP contribution >= 0.6 is 15.9 Å². The Kier molecular flexibility index (Phi) is 5.24. The van der Waals surface area contributed by atoms with Gasteiger partial charge in [0.25, 0.3) is 0 Å². The van der Waals surface area contributed by atoms with Crippen molar-refractivity contribution >= 4 is 21.6 Å². The normalized spacial score (nSPS) is 10.2. The van der Waals surface area contributed by atoms with Crippen LogP contribution in [0.3, 0.4) is 0 Å². The molecule has 3 nitrogen and oxygen atoms in total. The zero-order chi connectivity index (χ0) is 15.2. The van der Waals surface area contributed by atoms with Gasteiger partial charge in [0.05, 0.1) is 17.7 Å². The number of anilines is 1. The average molecular weight is 345 g/mol. The molecule has 0 saturated carbocycles. The van der Waals surface area contributed by atoms with Crippen LogP contribution in [0.1, 0.15) is 25.0 Å². The van der Waals surface area contributed by atoms with E-state index < -0.39 is 0 Å². The molecule has 0 heterocycles. The van der Waals surface area contributed by atoms with E-state index in [9.17, 15) is 0 Å². The smallest absolute Gasteiger partial charge is 0.120 e. The van der Waals surface area contributed by atoms with Crippen molar-refractivity contribution in [2.45, 2.75) is 26.5 Å². The zero-order valence-electron chi connectivity index (χ0n) is 12.1. The minimum Gasteiger partial charge on any atom is -0.491 e. The third kappa shape index (κ3) is 4.51. The number of ether oxygens (including phenoxy) is 1. The number of benzene rings is 2. The van der Waals surface area contributed by atoms with Gasteiger partial charge in [0, 0.05) is 16.7 Å². The van der Waals surface area contributed by atoms with Gasteiger partial charge in [-0.05, 0) is 65.7 Å². The molecule has 0 aliphatic rings. The Morgan fingerprint density at radius 1 is 1.24 bits per heavy atom. The Labute approximate surface area is 133 Å². The van der Waals surface area contributed by atoms with Gasteiger partial charge < -0.3 is 10.1 Å². The maximum absolute atomic E-state index is 8.86. The van der Waals surface area contributed by atoms with E-state index in [2.05, 4.69) is 33.4 Å². The fourth-order valence-corrected chi connectivity index (χ4v) is 2.45. The van der Waals surface area contributed by atoms with E-state index in [0.29, 0.717) is 12.1 Å². The van der Waals surface area contributed by atoms with Crippen molar-refractivity contribution in [1.29, 1.82) is 5.26 Å². The van der Waals surface area contributed by atoms with Crippen LogP contribution in [0.25, 0.3) is 0 Å². The first-order valence-electron chi connectivity index (χ1n) is 6.77. The van der Waals surface area contributed by atoms with Crippen LogP contribution in [0, 0.1) is 11.3 Å². The molecule has 0 aromatic heterocycles. The quantitative estimate of drug-likeness (QED) is 0.853. The Balaban J connectivity index is 2.05. The Morgan fingerprint density at radius 2 is 2.05 bits per heavy atom. The summed E-state index contributed by atoms with van der Waals surface area (Å²) in [4.78, 5) is 0. The van der Waals surface area contributed by atoms with Crippen LogP contribution in [-0.2, 0) is 6.54 Å². The summed E-state index contributed by atoms with van der Waals surface area (Å²) in [6.07, 6.45) is 0.167. The highest BCUT2D eigenvalue weighted by Gasteiger charge is 2.03. The summed E-state index contributed by atoms with van der Waals surface area (Å²) in [7, 11) is 0. The maximum atomic E-state index is 8.86. The molecule has 2 aromatic rings. The molecule has 2 rings (SSSR count). The first kappa shape index (κ1) is 15.4. The predicted molar refractivity (Wildman–Crippen MR) is 88.4 cm³/mol. The van der Waals surface area contributed by atoms with E-state index in [0.717, 1.165) is 21.5 Å². The molecule has 0 spiro atoms. The maximum Gasteiger partial charge on any atom is 0.120 e. The van der Waals surface area contributed by atoms with E-state index >= 15 is 0 Å². The fourth-order valence-electron chi connectivity index (χ4n) is 1.93. The second kappa shape index (κ2) is 7.14. The molecule has 0 aliphatic carbocycles. The molecule has 1 N–H and O–H groups in total. The molecule has 0 amide bonds. The van der Waals surface area contributed by atoms with Gasteiger partial charge in [-0.25, -0.2) is 0 Å². The lowest BCUT2D eigenvalue weighted by molar-refractivity contribution is 0.242. The molecular weight excluding hydrogens is 328 g/mol. The summed E-state index contributed by atoms with van der Waals surface area (Å²) in [6.45, 7) is 4.72. The summed E-state index contributed by atoms with van der Waals surface area (Å²) in [5.41, 5.74) is 2.74. The van der Waals surface area contributed by atoms with Crippen molar-refractivity contribution < 1.29 is 4.74 Å². The van der Waals surface area contributed by atoms with Crippen molar-refractivity contribution in [3.63, 3.8) is 0 Å². The van der Waals surface area contributed by atoms with Gasteiger partial charge in [0.1, 0.15) is 5.75 Å². The SMILES string of the molecule is CC(C)Oc1cccc(CNc2ccc(C#N)cc2Br)c1. The molecule has 0 bridgehead atoms. The van der Waals surface area contributed by atoms with Crippen LogP contribution in [0.4, 0.5) is 5.69 Å². The molecule has 2 aromatic carbocycles. The van der Waals surface area contributed by atoms with Crippen LogP contribution in [0.2, 0.25) is 0 Å². The summed E-state index contributed by atoms with van der Waals surface area (Å²) in [5, 5.41) is 12.2. The first-order valence-corrected chi connectivity index (χ1v) is 7.57. The van der Waals surface area contributed by atoms with Crippen molar-refractivity contribution in [2.24, 2.45) is 0 Å². The highest BCUT2D eigenvalue weighted by Crippen LogP contribution is 2.24. The number of nitriles is 1. The van der Waals surface area contributed by atoms with Crippen LogP contribution in [0.5, 0.6) is 5.75 Å². The fraction of sp³-hybridized carbons (Fsp3) is 0.235. The number of halogens is 1. The van der Waals surface area contributed by atoms with Gasteiger partial charge in [-0.3, -0.25) is 0 Å². The Bertz CT molecular complexity index is 662. The number of rotatable bonds is 5. The lowest BCUT2D eigenvalue weighted by atomic mass is 10.2. The number of hydrogen-bond acceptors (Lipinski definition) is 3. The highest BCUT2D eigenvalue weighted by molar-refractivity contribution is 9.10. The zero-order valence-corrected chi connectivity index (χ0v) is 13.6. The van der Waals surface area contributed by atoms with Crippen molar-refractivity contribution in [1.82, 2.24) is 0 Å². The van der Waals surface area contributed by atoms with Crippen LogP contribution < -0.4 is 10.1 Å². The van der Waals surface area contributed by atoms with E-state index in [1.807, 2.05) is 38.1 Å². The van der Waals surface area contributed by atoms with Crippen LogP contribution in [0.15, 0.2) is 46.9 Å². The molecule has 0 unspecified atom stereocenters. The van der Waals surface area contributed by atoms with Gasteiger partial charge >= 0.3 is 0 Å². The third-order valence-electron chi connectivity index (χ3n) is 2.85. The van der Waals surface area contributed by atoms with Gasteiger partial charge in [0.2, 0.25) is 0 Å². The predicted octanol–water partition coefficient (Wildman–Crippen LogP) is 4.72. The third-order valence-corrected chi connectivity index (χ3v) is 3.51. The van der Waals surface area contributed by atoms with E-state index in [1.165, 1.54) is 0 Å². The topological polar surface area (TPSA) is 45.0 Å². The van der Waals surface area contributed by atoms with Crippen molar-refractivity contribution in [3.05, 3.63) is 58.1 Å². The molecule has 4 heteroatoms. The first-order chi connectivity index (χ1) is 10.1. The second-order valence-corrected chi connectivity index (χ2v) is 5.83. The number of nitrogens with zero attached hydrogens (tertiary/aromatic N) is 1. The second-order valence-electron chi connectivity index (χ2n) is 4.97. The Morgan fingerprint density at radius 3 is 2.71 bits per heavy atom. The lowest BCUT2D eigenvalue weighted by Gasteiger charge is -2.12. The van der Waals surface area contributed by atoms with Gasteiger partial charge in [0.15, 0.2) is 0 Å². The van der Waals surface area contributed by atoms with Gasteiger partial charge in [-0.15, -0.1) is 0 Å². The Hall–Kier alpha value is -1.99. The average Bonchev–Trinajstić information content (AvgIpc) is 2.45. The van der Waals surface area contributed by atoms with Crippen molar-refractivity contribution in [2.75, 3.05) is 5.32 Å². The van der Waals surface area contributed by atoms with Gasteiger partial charge in [-0.1, -0.05) is 12.1 Å². The molecule has 21 heavy (non-hydrogen) atoms. The summed E-state index contributed by atoms with van der Waals surface area (Å²) < 4.78 is 6.57.